The van der Waals surface area contributed by atoms with Crippen molar-refractivity contribution in [3.05, 3.63) is 81.0 Å². The number of benzene rings is 2. The molecule has 0 spiro atoms. The molecule has 2 aromatic carbocycles. The third kappa shape index (κ3) is 4.73. The van der Waals surface area contributed by atoms with Crippen molar-refractivity contribution in [3.8, 4) is 11.5 Å². The number of aliphatic hydroxyl groups excluding tert-OH is 1. The summed E-state index contributed by atoms with van der Waals surface area (Å²) in [6.07, 6.45) is 0.227. The number of hydrogen-bond acceptors (Lipinski definition) is 9. The minimum absolute atomic E-state index is 0.130. The van der Waals surface area contributed by atoms with E-state index < -0.39 is 17.5 Å². The van der Waals surface area contributed by atoms with Crippen LogP contribution >= 0.6 is 0 Å². The van der Waals surface area contributed by atoms with Gasteiger partial charge in [0.25, 0.3) is 0 Å². The van der Waals surface area contributed by atoms with Gasteiger partial charge in [0, 0.05) is 12.1 Å². The Labute approximate surface area is 186 Å². The summed E-state index contributed by atoms with van der Waals surface area (Å²) in [5.74, 6) is -0.489. The number of hydrogen-bond donors (Lipinski definition) is 1. The highest BCUT2D eigenvalue weighted by Gasteiger charge is 2.17. The first kappa shape index (κ1) is 22.1. The second-order valence-electron chi connectivity index (χ2n) is 7.01. The summed E-state index contributed by atoms with van der Waals surface area (Å²) in [6, 6.07) is 11.9. The smallest absolute Gasteiger partial charge is 0.374 e. The molecule has 0 aliphatic heterocycles. The SMILES string of the molecule is CCOC(=O)c1cc(=O)c2c(OCC(O)COc3cccc4occc(=O)c34)cccc2o1. The average molecular weight is 452 g/mol. The Morgan fingerprint density at radius 3 is 2.24 bits per heavy atom. The van der Waals surface area contributed by atoms with Gasteiger partial charge in [0.1, 0.15) is 52.8 Å². The first-order valence-corrected chi connectivity index (χ1v) is 10.2. The lowest BCUT2D eigenvalue weighted by molar-refractivity contribution is 0.0490. The molecule has 9 heteroatoms. The van der Waals surface area contributed by atoms with E-state index in [2.05, 4.69) is 0 Å². The first-order chi connectivity index (χ1) is 16.0. The van der Waals surface area contributed by atoms with Crippen LogP contribution in [0.4, 0.5) is 0 Å². The quantitative estimate of drug-likeness (QED) is 0.402. The molecule has 1 atom stereocenters. The van der Waals surface area contributed by atoms with Crippen LogP contribution in [0.3, 0.4) is 0 Å². The lowest BCUT2D eigenvalue weighted by atomic mass is 10.2. The zero-order valence-electron chi connectivity index (χ0n) is 17.6. The minimum atomic E-state index is -1.07. The van der Waals surface area contributed by atoms with Crippen molar-refractivity contribution >= 4 is 27.9 Å². The van der Waals surface area contributed by atoms with Crippen molar-refractivity contribution in [3.63, 3.8) is 0 Å². The molecular weight excluding hydrogens is 432 g/mol. The molecule has 0 saturated carbocycles. The van der Waals surface area contributed by atoms with Gasteiger partial charge in [-0.05, 0) is 31.2 Å². The van der Waals surface area contributed by atoms with Crippen LogP contribution in [0.1, 0.15) is 17.5 Å². The lowest BCUT2D eigenvalue weighted by Gasteiger charge is -2.15. The number of carbonyl (C=O) groups excluding carboxylic acids is 1. The second kappa shape index (κ2) is 9.58. The van der Waals surface area contributed by atoms with E-state index in [-0.39, 0.29) is 58.9 Å². The van der Waals surface area contributed by atoms with E-state index in [0.717, 1.165) is 6.07 Å². The van der Waals surface area contributed by atoms with Crippen LogP contribution in [0.5, 0.6) is 11.5 Å². The van der Waals surface area contributed by atoms with Crippen LogP contribution in [-0.4, -0.2) is 37.0 Å². The van der Waals surface area contributed by atoms with Crippen molar-refractivity contribution in [2.24, 2.45) is 0 Å². The monoisotopic (exact) mass is 452 g/mol. The third-order valence-corrected chi connectivity index (χ3v) is 4.70. The summed E-state index contributed by atoms with van der Waals surface area (Å²) >= 11 is 0. The molecule has 0 fully saturated rings. The molecular formula is C24H20O9. The molecule has 33 heavy (non-hydrogen) atoms. The van der Waals surface area contributed by atoms with Gasteiger partial charge in [-0.3, -0.25) is 9.59 Å². The van der Waals surface area contributed by atoms with Crippen molar-refractivity contribution in [2.75, 3.05) is 19.8 Å². The van der Waals surface area contributed by atoms with Gasteiger partial charge in [-0.25, -0.2) is 4.79 Å². The van der Waals surface area contributed by atoms with Gasteiger partial charge in [-0.2, -0.15) is 0 Å². The summed E-state index contributed by atoms with van der Waals surface area (Å²) < 4.78 is 26.9. The minimum Gasteiger partial charge on any atom is -0.490 e. The lowest BCUT2D eigenvalue weighted by Crippen LogP contribution is -2.25. The van der Waals surface area contributed by atoms with Gasteiger partial charge in [-0.15, -0.1) is 0 Å². The summed E-state index contributed by atoms with van der Waals surface area (Å²) in [6.45, 7) is 1.43. The molecule has 170 valence electrons. The number of rotatable bonds is 8. The first-order valence-electron chi connectivity index (χ1n) is 10.2. The van der Waals surface area contributed by atoms with Crippen LogP contribution in [-0.2, 0) is 4.74 Å². The van der Waals surface area contributed by atoms with Gasteiger partial charge in [0.2, 0.25) is 5.76 Å². The maximum atomic E-state index is 12.6. The highest BCUT2D eigenvalue weighted by molar-refractivity contribution is 5.90. The largest absolute Gasteiger partial charge is 0.490 e. The molecule has 0 aliphatic rings. The Bertz CT molecular complexity index is 1410. The summed E-state index contributed by atoms with van der Waals surface area (Å²) in [5.41, 5.74) is -0.225. The summed E-state index contributed by atoms with van der Waals surface area (Å²) in [4.78, 5) is 36.6. The molecule has 9 nitrogen and oxygen atoms in total. The number of ether oxygens (including phenoxy) is 3. The molecule has 0 saturated heterocycles. The highest BCUT2D eigenvalue weighted by Crippen LogP contribution is 2.25. The summed E-state index contributed by atoms with van der Waals surface area (Å²) in [7, 11) is 0. The maximum absolute atomic E-state index is 12.6. The normalized spacial score (nSPS) is 11.9. The highest BCUT2D eigenvalue weighted by atomic mass is 16.5. The van der Waals surface area contributed by atoms with Gasteiger partial charge in [0.05, 0.1) is 12.9 Å². The van der Waals surface area contributed by atoms with Crippen LogP contribution in [0.15, 0.2) is 73.2 Å². The molecule has 0 amide bonds. The molecule has 4 aromatic rings. The van der Waals surface area contributed by atoms with E-state index >= 15 is 0 Å². The fraction of sp³-hybridized carbons (Fsp3) is 0.208. The van der Waals surface area contributed by atoms with Gasteiger partial charge in [-0.1, -0.05) is 12.1 Å². The number of aliphatic hydroxyl groups is 1. The zero-order chi connectivity index (χ0) is 23.4. The van der Waals surface area contributed by atoms with Crippen LogP contribution < -0.4 is 20.3 Å². The standard InChI is InChI=1S/C24H20O9/c1-2-29-24(28)21-11-16(27)23-19(7-4-8-20(23)33-21)32-13-14(25)12-31-18-6-3-5-17-22(18)15(26)9-10-30-17/h3-11,14,25H,2,12-13H2,1H3. The topological polar surface area (TPSA) is 125 Å². The van der Waals surface area contributed by atoms with Crippen molar-refractivity contribution in [2.45, 2.75) is 13.0 Å². The molecule has 0 bridgehead atoms. The zero-order valence-corrected chi connectivity index (χ0v) is 17.6. The van der Waals surface area contributed by atoms with E-state index in [4.69, 9.17) is 23.0 Å². The van der Waals surface area contributed by atoms with E-state index in [1.54, 1.807) is 37.3 Å². The molecule has 2 heterocycles. The third-order valence-electron chi connectivity index (χ3n) is 4.70. The number of esters is 1. The Hall–Kier alpha value is -4.11. The maximum Gasteiger partial charge on any atom is 0.374 e. The molecule has 0 radical (unpaired) electrons. The Balaban J connectivity index is 1.47. The summed E-state index contributed by atoms with van der Waals surface area (Å²) in [5, 5.41) is 10.7. The van der Waals surface area contributed by atoms with Crippen molar-refractivity contribution < 1.29 is 32.9 Å². The van der Waals surface area contributed by atoms with Crippen LogP contribution in [0.25, 0.3) is 21.9 Å². The molecule has 0 aliphatic carbocycles. The fourth-order valence-corrected chi connectivity index (χ4v) is 3.25. The number of carbonyl (C=O) groups is 1. The second-order valence-corrected chi connectivity index (χ2v) is 7.01. The van der Waals surface area contributed by atoms with E-state index in [9.17, 15) is 19.5 Å². The van der Waals surface area contributed by atoms with Gasteiger partial charge >= 0.3 is 5.97 Å². The Morgan fingerprint density at radius 1 is 0.939 bits per heavy atom. The van der Waals surface area contributed by atoms with E-state index in [1.165, 1.54) is 18.4 Å². The fourth-order valence-electron chi connectivity index (χ4n) is 3.25. The molecule has 1 unspecified atom stereocenters. The van der Waals surface area contributed by atoms with Crippen LogP contribution in [0, 0.1) is 0 Å². The molecule has 2 aromatic heterocycles. The predicted octanol–water partition coefficient (Wildman–Crippen LogP) is 2.89. The van der Waals surface area contributed by atoms with Gasteiger partial charge < -0.3 is 28.2 Å². The van der Waals surface area contributed by atoms with Crippen molar-refractivity contribution in [1.82, 2.24) is 0 Å². The molecule has 4 rings (SSSR count). The molecule has 1 N–H and O–H groups in total. The number of fused-ring (bicyclic) bond motifs is 2. The Kier molecular flexibility index (Phi) is 6.41. The predicted molar refractivity (Wildman–Crippen MR) is 118 cm³/mol. The van der Waals surface area contributed by atoms with Crippen LogP contribution in [0.2, 0.25) is 0 Å². The van der Waals surface area contributed by atoms with E-state index in [0.29, 0.717) is 5.58 Å². The van der Waals surface area contributed by atoms with Crippen molar-refractivity contribution in [1.29, 1.82) is 0 Å². The average Bonchev–Trinajstić information content (AvgIpc) is 2.81. The van der Waals surface area contributed by atoms with Gasteiger partial charge in [0.15, 0.2) is 10.9 Å². The Morgan fingerprint density at radius 2 is 1.58 bits per heavy atom. The van der Waals surface area contributed by atoms with E-state index in [1.807, 2.05) is 0 Å².